The molecule has 0 fully saturated rings. The summed E-state index contributed by atoms with van der Waals surface area (Å²) in [4.78, 5) is 12.6. The van der Waals surface area contributed by atoms with Gasteiger partial charge in [-0.25, -0.2) is 4.68 Å². The Balaban J connectivity index is 1.90. The highest BCUT2D eigenvalue weighted by molar-refractivity contribution is 9.10. The van der Waals surface area contributed by atoms with Crippen molar-refractivity contribution in [3.05, 3.63) is 75.0 Å². The minimum Gasteiger partial charge on any atom is -0.322 e. The largest absolute Gasteiger partial charge is 0.322 e. The zero-order valence-corrected chi connectivity index (χ0v) is 15.5. The van der Waals surface area contributed by atoms with Gasteiger partial charge in [0.2, 0.25) is 0 Å². The molecule has 24 heavy (non-hydrogen) atoms. The van der Waals surface area contributed by atoms with E-state index in [-0.39, 0.29) is 5.91 Å². The normalized spacial score (nSPS) is 10.7. The van der Waals surface area contributed by atoms with Crippen molar-refractivity contribution >= 4 is 39.1 Å². The SMILES string of the molecule is Cc1ccc(Br)cc1NC(=O)c1cnn(-c2cccc(Cl)c2)c1C. The van der Waals surface area contributed by atoms with Gasteiger partial charge in [-0.15, -0.1) is 0 Å². The summed E-state index contributed by atoms with van der Waals surface area (Å²) in [6.45, 7) is 3.81. The Kier molecular flexibility index (Phi) is 4.73. The first-order valence-electron chi connectivity index (χ1n) is 7.34. The fourth-order valence-corrected chi connectivity index (χ4v) is 2.96. The minimum atomic E-state index is -0.193. The Morgan fingerprint density at radius 1 is 1.21 bits per heavy atom. The number of carbonyl (C=O) groups excluding carboxylic acids is 1. The molecule has 4 nitrogen and oxygen atoms in total. The number of halogens is 2. The maximum atomic E-state index is 12.6. The van der Waals surface area contributed by atoms with Crippen LogP contribution in [0.4, 0.5) is 5.69 Å². The van der Waals surface area contributed by atoms with Gasteiger partial charge in [-0.1, -0.05) is 39.7 Å². The van der Waals surface area contributed by atoms with E-state index in [1.807, 2.05) is 50.2 Å². The van der Waals surface area contributed by atoms with Crippen LogP contribution in [0.25, 0.3) is 5.69 Å². The van der Waals surface area contributed by atoms with E-state index < -0.39 is 0 Å². The molecule has 3 rings (SSSR count). The second-order valence-electron chi connectivity index (χ2n) is 5.45. The van der Waals surface area contributed by atoms with Gasteiger partial charge in [0.25, 0.3) is 5.91 Å². The molecule has 0 unspecified atom stereocenters. The number of nitrogens with one attached hydrogen (secondary N) is 1. The number of aromatic nitrogens is 2. The molecule has 2 aromatic carbocycles. The molecule has 0 saturated carbocycles. The first-order valence-corrected chi connectivity index (χ1v) is 8.51. The average Bonchev–Trinajstić information content (AvgIpc) is 2.92. The summed E-state index contributed by atoms with van der Waals surface area (Å²) in [7, 11) is 0. The first-order chi connectivity index (χ1) is 11.5. The Hall–Kier alpha value is -2.11. The van der Waals surface area contributed by atoms with Gasteiger partial charge < -0.3 is 5.32 Å². The number of benzene rings is 2. The quantitative estimate of drug-likeness (QED) is 0.655. The number of hydrogen-bond donors (Lipinski definition) is 1. The van der Waals surface area contributed by atoms with Crippen LogP contribution in [-0.2, 0) is 0 Å². The second-order valence-corrected chi connectivity index (χ2v) is 6.80. The molecule has 0 bridgehead atoms. The molecule has 0 spiro atoms. The van der Waals surface area contributed by atoms with Crippen molar-refractivity contribution < 1.29 is 4.79 Å². The lowest BCUT2D eigenvalue weighted by molar-refractivity contribution is 0.102. The van der Waals surface area contributed by atoms with Gasteiger partial charge in [-0.3, -0.25) is 4.79 Å². The fraction of sp³-hybridized carbons (Fsp3) is 0.111. The Bertz CT molecular complexity index is 920. The molecule has 3 aromatic rings. The molecule has 0 aliphatic carbocycles. The molecule has 0 saturated heterocycles. The molecule has 0 aliphatic heterocycles. The Morgan fingerprint density at radius 2 is 2.00 bits per heavy atom. The predicted octanol–water partition coefficient (Wildman–Crippen LogP) is 5.16. The van der Waals surface area contributed by atoms with E-state index in [1.165, 1.54) is 0 Å². The van der Waals surface area contributed by atoms with Gasteiger partial charge in [0.1, 0.15) is 0 Å². The standard InChI is InChI=1S/C18H15BrClN3O/c1-11-6-7-13(19)8-17(11)22-18(24)16-10-21-23(12(16)2)15-5-3-4-14(20)9-15/h3-10H,1-2H3,(H,22,24). The molecule has 0 radical (unpaired) electrons. The number of hydrogen-bond acceptors (Lipinski definition) is 2. The molecule has 0 atom stereocenters. The fourth-order valence-electron chi connectivity index (χ4n) is 2.42. The van der Waals surface area contributed by atoms with Crippen molar-refractivity contribution in [2.45, 2.75) is 13.8 Å². The van der Waals surface area contributed by atoms with Crippen LogP contribution in [0.1, 0.15) is 21.6 Å². The van der Waals surface area contributed by atoms with Crippen molar-refractivity contribution in [1.29, 1.82) is 0 Å². The second kappa shape index (κ2) is 6.79. The number of amides is 1. The van der Waals surface area contributed by atoms with Crippen LogP contribution in [-0.4, -0.2) is 15.7 Å². The minimum absolute atomic E-state index is 0.193. The van der Waals surface area contributed by atoms with Crippen molar-refractivity contribution in [1.82, 2.24) is 9.78 Å². The zero-order valence-electron chi connectivity index (χ0n) is 13.2. The summed E-state index contributed by atoms with van der Waals surface area (Å²) in [5.74, 6) is -0.193. The average molecular weight is 405 g/mol. The van der Waals surface area contributed by atoms with E-state index >= 15 is 0 Å². The molecular weight excluding hydrogens is 390 g/mol. The summed E-state index contributed by atoms with van der Waals surface area (Å²) in [5, 5.41) is 7.88. The summed E-state index contributed by atoms with van der Waals surface area (Å²) in [6.07, 6.45) is 1.57. The van der Waals surface area contributed by atoms with Crippen LogP contribution in [0.15, 0.2) is 53.1 Å². The van der Waals surface area contributed by atoms with E-state index in [2.05, 4.69) is 26.3 Å². The number of carbonyl (C=O) groups is 1. The van der Waals surface area contributed by atoms with Crippen molar-refractivity contribution in [2.24, 2.45) is 0 Å². The molecule has 122 valence electrons. The van der Waals surface area contributed by atoms with Crippen molar-refractivity contribution in [3.63, 3.8) is 0 Å². The van der Waals surface area contributed by atoms with Gasteiger partial charge in [0.15, 0.2) is 0 Å². The lowest BCUT2D eigenvalue weighted by Gasteiger charge is -2.09. The van der Waals surface area contributed by atoms with E-state index in [9.17, 15) is 4.79 Å². The topological polar surface area (TPSA) is 46.9 Å². The highest BCUT2D eigenvalue weighted by Gasteiger charge is 2.16. The maximum absolute atomic E-state index is 12.6. The third-order valence-electron chi connectivity index (χ3n) is 3.76. The third kappa shape index (κ3) is 3.37. The molecular formula is C18H15BrClN3O. The highest BCUT2D eigenvalue weighted by Crippen LogP contribution is 2.23. The highest BCUT2D eigenvalue weighted by atomic mass is 79.9. The monoisotopic (exact) mass is 403 g/mol. The third-order valence-corrected chi connectivity index (χ3v) is 4.48. The summed E-state index contributed by atoms with van der Waals surface area (Å²) < 4.78 is 2.61. The molecule has 6 heteroatoms. The van der Waals surface area contributed by atoms with Crippen LogP contribution < -0.4 is 5.32 Å². The van der Waals surface area contributed by atoms with Crippen LogP contribution >= 0.6 is 27.5 Å². The van der Waals surface area contributed by atoms with Crippen LogP contribution in [0, 0.1) is 13.8 Å². The summed E-state index contributed by atoms with van der Waals surface area (Å²) >= 11 is 9.45. The van der Waals surface area contributed by atoms with Crippen molar-refractivity contribution in [2.75, 3.05) is 5.32 Å². The smallest absolute Gasteiger partial charge is 0.259 e. The molecule has 1 amide bonds. The molecule has 1 aromatic heterocycles. The Labute approximate surface area is 153 Å². The predicted molar refractivity (Wildman–Crippen MR) is 100 cm³/mol. The Morgan fingerprint density at radius 3 is 2.75 bits per heavy atom. The van der Waals surface area contributed by atoms with Crippen LogP contribution in [0.5, 0.6) is 0 Å². The van der Waals surface area contributed by atoms with E-state index in [0.29, 0.717) is 10.6 Å². The van der Waals surface area contributed by atoms with Gasteiger partial charge in [-0.05, 0) is 49.7 Å². The van der Waals surface area contributed by atoms with Gasteiger partial charge in [0, 0.05) is 15.2 Å². The van der Waals surface area contributed by atoms with E-state index in [0.717, 1.165) is 27.1 Å². The number of anilines is 1. The van der Waals surface area contributed by atoms with Crippen LogP contribution in [0.2, 0.25) is 5.02 Å². The van der Waals surface area contributed by atoms with Crippen molar-refractivity contribution in [3.8, 4) is 5.69 Å². The molecule has 1 N–H and O–H groups in total. The number of nitrogens with zero attached hydrogens (tertiary/aromatic N) is 2. The summed E-state index contributed by atoms with van der Waals surface area (Å²) in [5.41, 5.74) is 3.85. The first kappa shape index (κ1) is 16.7. The lowest BCUT2D eigenvalue weighted by atomic mass is 10.2. The molecule has 0 aliphatic rings. The lowest BCUT2D eigenvalue weighted by Crippen LogP contribution is -2.14. The van der Waals surface area contributed by atoms with E-state index in [4.69, 9.17) is 11.6 Å². The number of rotatable bonds is 3. The van der Waals surface area contributed by atoms with Gasteiger partial charge in [-0.2, -0.15) is 5.10 Å². The summed E-state index contributed by atoms with van der Waals surface area (Å²) in [6, 6.07) is 13.1. The van der Waals surface area contributed by atoms with Crippen LogP contribution in [0.3, 0.4) is 0 Å². The molecule has 1 heterocycles. The number of aryl methyl sites for hydroxylation is 1. The maximum Gasteiger partial charge on any atom is 0.259 e. The van der Waals surface area contributed by atoms with Gasteiger partial charge in [0.05, 0.1) is 23.1 Å². The van der Waals surface area contributed by atoms with Gasteiger partial charge >= 0.3 is 0 Å². The zero-order chi connectivity index (χ0) is 17.3. The van der Waals surface area contributed by atoms with E-state index in [1.54, 1.807) is 16.9 Å².